The Balaban J connectivity index is 1.88. The van der Waals surface area contributed by atoms with Gasteiger partial charge in [0.15, 0.2) is 0 Å². The number of aromatic nitrogens is 2. The van der Waals surface area contributed by atoms with Gasteiger partial charge in [-0.1, -0.05) is 0 Å². The van der Waals surface area contributed by atoms with Crippen molar-refractivity contribution in [2.75, 3.05) is 20.1 Å². The standard InChI is InChI=1S/C15H28N4/c1-15(2,3)17-10-14-9-16-12-19(14)11-13-5-7-18(4)8-6-13/h9,12-13,17H,5-8,10-11H2,1-4H3. The molecule has 0 amide bonds. The molecule has 0 spiro atoms. The zero-order valence-electron chi connectivity index (χ0n) is 12.8. The predicted octanol–water partition coefficient (Wildman–Crippen LogP) is 2.11. The third-order valence-corrected chi connectivity index (χ3v) is 3.89. The minimum atomic E-state index is 0.155. The molecule has 19 heavy (non-hydrogen) atoms. The summed E-state index contributed by atoms with van der Waals surface area (Å²) in [5, 5.41) is 3.54. The van der Waals surface area contributed by atoms with Crippen LogP contribution < -0.4 is 5.32 Å². The van der Waals surface area contributed by atoms with E-state index in [1.54, 1.807) is 0 Å². The highest BCUT2D eigenvalue weighted by Crippen LogP contribution is 2.19. The SMILES string of the molecule is CN1CCC(Cn2cncc2CNC(C)(C)C)CC1. The Morgan fingerprint density at radius 3 is 2.63 bits per heavy atom. The van der Waals surface area contributed by atoms with Crippen LogP contribution in [0.2, 0.25) is 0 Å². The molecule has 0 atom stereocenters. The van der Waals surface area contributed by atoms with Crippen LogP contribution in [0.25, 0.3) is 0 Å². The number of piperidine rings is 1. The van der Waals surface area contributed by atoms with Gasteiger partial charge in [0.1, 0.15) is 0 Å². The maximum Gasteiger partial charge on any atom is 0.0948 e. The second kappa shape index (κ2) is 6.06. The molecule has 0 aromatic carbocycles. The topological polar surface area (TPSA) is 33.1 Å². The Bertz CT molecular complexity index is 383. The predicted molar refractivity (Wildman–Crippen MR) is 79.0 cm³/mol. The van der Waals surface area contributed by atoms with Crippen molar-refractivity contribution in [2.24, 2.45) is 5.92 Å². The molecule has 2 heterocycles. The van der Waals surface area contributed by atoms with Crippen molar-refractivity contribution in [1.82, 2.24) is 19.8 Å². The van der Waals surface area contributed by atoms with E-state index in [9.17, 15) is 0 Å². The molecule has 1 N–H and O–H groups in total. The van der Waals surface area contributed by atoms with Gasteiger partial charge in [0, 0.05) is 24.8 Å². The maximum absolute atomic E-state index is 4.32. The Morgan fingerprint density at radius 1 is 1.32 bits per heavy atom. The van der Waals surface area contributed by atoms with Gasteiger partial charge >= 0.3 is 0 Å². The van der Waals surface area contributed by atoms with Crippen molar-refractivity contribution in [2.45, 2.75) is 52.2 Å². The summed E-state index contributed by atoms with van der Waals surface area (Å²) in [7, 11) is 2.21. The van der Waals surface area contributed by atoms with E-state index in [0.29, 0.717) is 0 Å². The monoisotopic (exact) mass is 264 g/mol. The van der Waals surface area contributed by atoms with Gasteiger partial charge in [-0.05, 0) is 59.7 Å². The van der Waals surface area contributed by atoms with Crippen molar-refractivity contribution in [1.29, 1.82) is 0 Å². The minimum absolute atomic E-state index is 0.155. The van der Waals surface area contributed by atoms with Crippen LogP contribution in [-0.2, 0) is 13.1 Å². The van der Waals surface area contributed by atoms with Gasteiger partial charge in [-0.2, -0.15) is 0 Å². The molecule has 0 radical (unpaired) electrons. The number of hydrogen-bond acceptors (Lipinski definition) is 3. The number of nitrogens with zero attached hydrogens (tertiary/aromatic N) is 3. The molecule has 0 bridgehead atoms. The van der Waals surface area contributed by atoms with Crippen molar-refractivity contribution >= 4 is 0 Å². The lowest BCUT2D eigenvalue weighted by Crippen LogP contribution is -2.36. The van der Waals surface area contributed by atoms with E-state index in [1.807, 2.05) is 12.5 Å². The Kier molecular flexibility index (Phi) is 4.63. The number of likely N-dealkylation sites (tertiary alicyclic amines) is 1. The van der Waals surface area contributed by atoms with Gasteiger partial charge in [0.2, 0.25) is 0 Å². The normalized spacial score (nSPS) is 18.9. The fraction of sp³-hybridized carbons (Fsp3) is 0.800. The summed E-state index contributed by atoms with van der Waals surface area (Å²) >= 11 is 0. The minimum Gasteiger partial charge on any atom is -0.333 e. The van der Waals surface area contributed by atoms with Gasteiger partial charge in [0.05, 0.1) is 12.0 Å². The maximum atomic E-state index is 4.32. The van der Waals surface area contributed by atoms with Gasteiger partial charge < -0.3 is 14.8 Å². The first kappa shape index (κ1) is 14.5. The molecule has 0 aliphatic carbocycles. The van der Waals surface area contributed by atoms with Gasteiger partial charge in [-0.25, -0.2) is 4.98 Å². The zero-order chi connectivity index (χ0) is 13.9. The van der Waals surface area contributed by atoms with E-state index >= 15 is 0 Å². The smallest absolute Gasteiger partial charge is 0.0948 e. The summed E-state index contributed by atoms with van der Waals surface area (Å²) in [5.41, 5.74) is 1.46. The molecule has 1 aliphatic heterocycles. The van der Waals surface area contributed by atoms with E-state index in [2.05, 4.69) is 47.6 Å². The van der Waals surface area contributed by atoms with Crippen molar-refractivity contribution in [3.8, 4) is 0 Å². The van der Waals surface area contributed by atoms with E-state index < -0.39 is 0 Å². The van der Waals surface area contributed by atoms with Crippen LogP contribution in [-0.4, -0.2) is 40.1 Å². The third-order valence-electron chi connectivity index (χ3n) is 3.89. The van der Waals surface area contributed by atoms with Crippen LogP contribution in [0.1, 0.15) is 39.3 Å². The summed E-state index contributed by atoms with van der Waals surface area (Å²) in [5.74, 6) is 0.804. The Morgan fingerprint density at radius 2 is 2.00 bits per heavy atom. The van der Waals surface area contributed by atoms with Crippen LogP contribution in [0.5, 0.6) is 0 Å². The Hall–Kier alpha value is -0.870. The molecular formula is C15H28N4. The number of imidazole rings is 1. The summed E-state index contributed by atoms with van der Waals surface area (Å²) in [6, 6.07) is 0. The van der Waals surface area contributed by atoms with Gasteiger partial charge in [-0.15, -0.1) is 0 Å². The van der Waals surface area contributed by atoms with E-state index in [-0.39, 0.29) is 5.54 Å². The van der Waals surface area contributed by atoms with E-state index in [0.717, 1.165) is 19.0 Å². The first-order valence-corrected chi connectivity index (χ1v) is 7.36. The first-order valence-electron chi connectivity index (χ1n) is 7.36. The highest BCUT2D eigenvalue weighted by molar-refractivity contribution is 4.99. The van der Waals surface area contributed by atoms with Crippen LogP contribution in [0.3, 0.4) is 0 Å². The molecule has 2 rings (SSSR count). The van der Waals surface area contributed by atoms with Crippen molar-refractivity contribution < 1.29 is 0 Å². The molecule has 1 fully saturated rings. The fourth-order valence-electron chi connectivity index (χ4n) is 2.54. The third kappa shape index (κ3) is 4.62. The average molecular weight is 264 g/mol. The molecular weight excluding hydrogens is 236 g/mol. The lowest BCUT2D eigenvalue weighted by atomic mass is 9.97. The van der Waals surface area contributed by atoms with Gasteiger partial charge in [0.25, 0.3) is 0 Å². The summed E-state index contributed by atoms with van der Waals surface area (Å²) < 4.78 is 2.33. The quantitative estimate of drug-likeness (QED) is 0.904. The molecule has 0 saturated carbocycles. The lowest BCUT2D eigenvalue weighted by Gasteiger charge is -2.29. The fourth-order valence-corrected chi connectivity index (χ4v) is 2.54. The molecule has 4 nitrogen and oxygen atoms in total. The molecule has 108 valence electrons. The zero-order valence-corrected chi connectivity index (χ0v) is 12.8. The number of rotatable bonds is 4. The highest BCUT2D eigenvalue weighted by atomic mass is 15.1. The Labute approximate surface area is 117 Å². The number of nitrogens with one attached hydrogen (secondary N) is 1. The van der Waals surface area contributed by atoms with Crippen molar-refractivity contribution in [3.63, 3.8) is 0 Å². The van der Waals surface area contributed by atoms with Gasteiger partial charge in [-0.3, -0.25) is 0 Å². The molecule has 1 aromatic rings. The number of hydrogen-bond donors (Lipinski definition) is 1. The van der Waals surface area contributed by atoms with Crippen LogP contribution in [0.15, 0.2) is 12.5 Å². The van der Waals surface area contributed by atoms with Crippen molar-refractivity contribution in [3.05, 3.63) is 18.2 Å². The van der Waals surface area contributed by atoms with Crippen LogP contribution in [0, 0.1) is 5.92 Å². The summed E-state index contributed by atoms with van der Waals surface area (Å²) in [6.07, 6.45) is 6.59. The van der Waals surface area contributed by atoms with E-state index in [4.69, 9.17) is 0 Å². The molecule has 4 heteroatoms. The highest BCUT2D eigenvalue weighted by Gasteiger charge is 2.18. The molecule has 1 aliphatic rings. The largest absolute Gasteiger partial charge is 0.333 e. The average Bonchev–Trinajstić information content (AvgIpc) is 2.76. The van der Waals surface area contributed by atoms with Crippen LogP contribution >= 0.6 is 0 Å². The lowest BCUT2D eigenvalue weighted by molar-refractivity contribution is 0.204. The second-order valence-corrected chi connectivity index (χ2v) is 6.89. The molecule has 1 aromatic heterocycles. The van der Waals surface area contributed by atoms with Crippen LogP contribution in [0.4, 0.5) is 0 Å². The molecule has 1 saturated heterocycles. The summed E-state index contributed by atoms with van der Waals surface area (Å²) in [4.78, 5) is 6.74. The first-order chi connectivity index (χ1) is 8.94. The second-order valence-electron chi connectivity index (χ2n) is 6.89. The van der Waals surface area contributed by atoms with E-state index in [1.165, 1.54) is 31.6 Å². The summed E-state index contributed by atoms with van der Waals surface area (Å²) in [6.45, 7) is 11.1. The molecule has 0 unspecified atom stereocenters.